The predicted molar refractivity (Wildman–Crippen MR) is 57.4 cm³/mol. The van der Waals surface area contributed by atoms with E-state index in [1.54, 1.807) is 0 Å². The first kappa shape index (κ1) is 11.7. The molecule has 0 aliphatic heterocycles. The van der Waals surface area contributed by atoms with Gasteiger partial charge in [0.25, 0.3) is 0 Å². The number of carbonyl (C=O) groups is 1. The lowest BCUT2D eigenvalue weighted by Crippen LogP contribution is -2.25. The van der Waals surface area contributed by atoms with Crippen LogP contribution < -0.4 is 0 Å². The molecule has 0 saturated heterocycles. The number of carbonyl (C=O) groups excluding carboxylic acids is 1. The van der Waals surface area contributed by atoms with Gasteiger partial charge in [-0.05, 0) is 12.0 Å². The van der Waals surface area contributed by atoms with E-state index in [1.807, 2.05) is 37.3 Å². The molecule has 1 aromatic rings. The molecule has 0 fully saturated rings. The fraction of sp³-hybridized carbons (Fsp3) is 0.417. The highest BCUT2D eigenvalue weighted by molar-refractivity contribution is 5.74. The summed E-state index contributed by atoms with van der Waals surface area (Å²) in [5, 5.41) is 9.52. The van der Waals surface area contributed by atoms with E-state index in [0.29, 0.717) is 13.0 Å². The zero-order valence-corrected chi connectivity index (χ0v) is 8.85. The van der Waals surface area contributed by atoms with Crippen LogP contribution in [-0.4, -0.2) is 23.8 Å². The SMILES string of the molecule is CCCOC(=O)C(O)Cc1ccccc1. The maximum absolute atomic E-state index is 11.2. The average molecular weight is 208 g/mol. The van der Waals surface area contributed by atoms with Gasteiger partial charge in [0.2, 0.25) is 0 Å². The molecular formula is C12H16O3. The summed E-state index contributed by atoms with van der Waals surface area (Å²) in [5.41, 5.74) is 0.929. The lowest BCUT2D eigenvalue weighted by atomic mass is 10.1. The Kier molecular flexibility index (Phi) is 4.84. The Morgan fingerprint density at radius 1 is 1.40 bits per heavy atom. The minimum atomic E-state index is -1.06. The fourth-order valence-electron chi connectivity index (χ4n) is 1.22. The van der Waals surface area contributed by atoms with E-state index in [0.717, 1.165) is 12.0 Å². The Bertz CT molecular complexity index is 295. The summed E-state index contributed by atoms with van der Waals surface area (Å²) in [6.45, 7) is 2.28. The van der Waals surface area contributed by atoms with Gasteiger partial charge in [0, 0.05) is 6.42 Å². The van der Waals surface area contributed by atoms with E-state index in [2.05, 4.69) is 0 Å². The summed E-state index contributed by atoms with van der Waals surface area (Å²) in [6, 6.07) is 9.39. The van der Waals surface area contributed by atoms with Crippen LogP contribution in [0.3, 0.4) is 0 Å². The molecule has 1 N–H and O–H groups in total. The number of aliphatic hydroxyl groups excluding tert-OH is 1. The topological polar surface area (TPSA) is 46.5 Å². The third-order valence-corrected chi connectivity index (χ3v) is 1.99. The number of hydrogen-bond donors (Lipinski definition) is 1. The van der Waals surface area contributed by atoms with Gasteiger partial charge in [-0.2, -0.15) is 0 Å². The third-order valence-electron chi connectivity index (χ3n) is 1.99. The Hall–Kier alpha value is -1.35. The zero-order chi connectivity index (χ0) is 11.1. The van der Waals surface area contributed by atoms with Crippen molar-refractivity contribution in [1.82, 2.24) is 0 Å². The minimum Gasteiger partial charge on any atom is -0.464 e. The molecule has 3 heteroatoms. The molecule has 1 rings (SSSR count). The van der Waals surface area contributed by atoms with Crippen molar-refractivity contribution in [2.45, 2.75) is 25.9 Å². The van der Waals surface area contributed by atoms with Crippen molar-refractivity contribution in [1.29, 1.82) is 0 Å². The molecule has 0 aliphatic carbocycles. The summed E-state index contributed by atoms with van der Waals surface area (Å²) in [5.74, 6) is -0.541. The zero-order valence-electron chi connectivity index (χ0n) is 8.85. The van der Waals surface area contributed by atoms with Crippen molar-refractivity contribution < 1.29 is 14.6 Å². The molecule has 0 saturated carbocycles. The number of aliphatic hydroxyl groups is 1. The van der Waals surface area contributed by atoms with Crippen LogP contribution in [0.25, 0.3) is 0 Å². The number of ether oxygens (including phenoxy) is 1. The molecule has 82 valence electrons. The molecule has 1 unspecified atom stereocenters. The van der Waals surface area contributed by atoms with Gasteiger partial charge in [0.05, 0.1) is 6.61 Å². The van der Waals surface area contributed by atoms with Crippen LogP contribution in [0.1, 0.15) is 18.9 Å². The molecule has 0 amide bonds. The summed E-state index contributed by atoms with van der Waals surface area (Å²) >= 11 is 0. The minimum absolute atomic E-state index is 0.309. The lowest BCUT2D eigenvalue weighted by molar-refractivity contribution is -0.153. The Labute approximate surface area is 89.7 Å². The summed E-state index contributed by atoms with van der Waals surface area (Å²) < 4.78 is 4.84. The van der Waals surface area contributed by atoms with Gasteiger partial charge < -0.3 is 9.84 Å². The van der Waals surface area contributed by atoms with Crippen LogP contribution in [0.15, 0.2) is 30.3 Å². The first-order valence-corrected chi connectivity index (χ1v) is 5.12. The molecule has 0 spiro atoms. The molecule has 15 heavy (non-hydrogen) atoms. The molecular weight excluding hydrogens is 192 g/mol. The molecule has 1 aromatic carbocycles. The Morgan fingerprint density at radius 3 is 2.67 bits per heavy atom. The monoisotopic (exact) mass is 208 g/mol. The van der Waals surface area contributed by atoms with Crippen molar-refractivity contribution in [3.63, 3.8) is 0 Å². The van der Waals surface area contributed by atoms with Gasteiger partial charge in [-0.15, -0.1) is 0 Å². The van der Waals surface area contributed by atoms with E-state index >= 15 is 0 Å². The van der Waals surface area contributed by atoms with E-state index < -0.39 is 12.1 Å². The maximum Gasteiger partial charge on any atom is 0.335 e. The second-order valence-corrected chi connectivity index (χ2v) is 3.37. The highest BCUT2D eigenvalue weighted by Gasteiger charge is 2.16. The van der Waals surface area contributed by atoms with Gasteiger partial charge in [0.1, 0.15) is 0 Å². The largest absolute Gasteiger partial charge is 0.464 e. The summed E-state index contributed by atoms with van der Waals surface area (Å²) in [7, 11) is 0. The first-order chi connectivity index (χ1) is 7.24. The quantitative estimate of drug-likeness (QED) is 0.747. The number of rotatable bonds is 5. The normalized spacial score (nSPS) is 12.1. The van der Waals surface area contributed by atoms with Gasteiger partial charge in [-0.25, -0.2) is 4.79 Å². The van der Waals surface area contributed by atoms with E-state index in [9.17, 15) is 9.90 Å². The molecule has 0 radical (unpaired) electrons. The number of benzene rings is 1. The Morgan fingerprint density at radius 2 is 2.07 bits per heavy atom. The summed E-state index contributed by atoms with van der Waals surface area (Å²) in [6.07, 6.45) is 0.0200. The molecule has 1 atom stereocenters. The van der Waals surface area contributed by atoms with Crippen LogP contribution in [0.2, 0.25) is 0 Å². The van der Waals surface area contributed by atoms with Gasteiger partial charge in [0.15, 0.2) is 6.10 Å². The van der Waals surface area contributed by atoms with Crippen LogP contribution >= 0.6 is 0 Å². The molecule has 0 bridgehead atoms. The van der Waals surface area contributed by atoms with E-state index in [1.165, 1.54) is 0 Å². The average Bonchev–Trinajstić information content (AvgIpc) is 2.27. The predicted octanol–water partition coefficient (Wildman–Crippen LogP) is 1.54. The smallest absolute Gasteiger partial charge is 0.335 e. The van der Waals surface area contributed by atoms with Crippen molar-refractivity contribution in [3.8, 4) is 0 Å². The van der Waals surface area contributed by atoms with Crippen LogP contribution in [-0.2, 0) is 16.0 Å². The standard InChI is InChI=1S/C12H16O3/c1-2-8-15-12(14)11(13)9-10-6-4-3-5-7-10/h3-7,11,13H,2,8-9H2,1H3. The third kappa shape index (κ3) is 4.13. The maximum atomic E-state index is 11.2. The fourth-order valence-corrected chi connectivity index (χ4v) is 1.22. The van der Waals surface area contributed by atoms with Crippen LogP contribution in [0, 0.1) is 0 Å². The van der Waals surface area contributed by atoms with Crippen molar-refractivity contribution >= 4 is 5.97 Å². The lowest BCUT2D eigenvalue weighted by Gasteiger charge is -2.09. The van der Waals surface area contributed by atoms with Crippen molar-refractivity contribution in [2.24, 2.45) is 0 Å². The Balaban J connectivity index is 2.41. The number of esters is 1. The van der Waals surface area contributed by atoms with E-state index in [-0.39, 0.29) is 0 Å². The van der Waals surface area contributed by atoms with Crippen molar-refractivity contribution in [3.05, 3.63) is 35.9 Å². The van der Waals surface area contributed by atoms with Gasteiger partial charge in [-0.3, -0.25) is 0 Å². The highest BCUT2D eigenvalue weighted by Crippen LogP contribution is 2.04. The molecule has 0 heterocycles. The second kappa shape index (κ2) is 6.19. The van der Waals surface area contributed by atoms with Crippen LogP contribution in [0.5, 0.6) is 0 Å². The first-order valence-electron chi connectivity index (χ1n) is 5.12. The second-order valence-electron chi connectivity index (χ2n) is 3.37. The highest BCUT2D eigenvalue weighted by atomic mass is 16.5. The van der Waals surface area contributed by atoms with Crippen molar-refractivity contribution in [2.75, 3.05) is 6.61 Å². The van der Waals surface area contributed by atoms with Gasteiger partial charge in [-0.1, -0.05) is 37.3 Å². The summed E-state index contributed by atoms with van der Waals surface area (Å²) in [4.78, 5) is 11.2. The molecule has 0 aromatic heterocycles. The van der Waals surface area contributed by atoms with Gasteiger partial charge >= 0.3 is 5.97 Å². The molecule has 0 aliphatic rings. The number of hydrogen-bond acceptors (Lipinski definition) is 3. The van der Waals surface area contributed by atoms with Crippen LogP contribution in [0.4, 0.5) is 0 Å². The van der Waals surface area contributed by atoms with E-state index in [4.69, 9.17) is 4.74 Å². The molecule has 3 nitrogen and oxygen atoms in total.